The maximum Gasteiger partial charge on any atom is 0.573 e. The predicted octanol–water partition coefficient (Wildman–Crippen LogP) is 4.74. The Morgan fingerprint density at radius 3 is 2.59 bits per heavy atom. The summed E-state index contributed by atoms with van der Waals surface area (Å²) >= 11 is 1.64. The van der Waals surface area contributed by atoms with Crippen molar-refractivity contribution in [2.24, 2.45) is 15.7 Å². The van der Waals surface area contributed by atoms with Gasteiger partial charge >= 0.3 is 12.4 Å². The molecule has 4 rings (SSSR count). The first-order valence-electron chi connectivity index (χ1n) is 12.2. The van der Waals surface area contributed by atoms with E-state index in [-0.39, 0.29) is 17.6 Å². The van der Waals surface area contributed by atoms with Gasteiger partial charge in [0, 0.05) is 36.8 Å². The summed E-state index contributed by atoms with van der Waals surface area (Å²) in [5, 5.41) is 7.81. The van der Waals surface area contributed by atoms with Gasteiger partial charge < -0.3 is 15.8 Å². The molecule has 0 aliphatic carbocycles. The van der Waals surface area contributed by atoms with Crippen molar-refractivity contribution >= 4 is 35.2 Å². The lowest BCUT2D eigenvalue weighted by Gasteiger charge is -2.21. The number of hydrogen-bond acceptors (Lipinski definition) is 8. The number of ether oxygens (including phenoxy) is 1. The highest BCUT2D eigenvalue weighted by Gasteiger charge is 2.32. The van der Waals surface area contributed by atoms with Crippen molar-refractivity contribution in [2.75, 3.05) is 25.0 Å². The molecule has 1 unspecified atom stereocenters. The summed E-state index contributed by atoms with van der Waals surface area (Å²) in [7, 11) is 0. The van der Waals surface area contributed by atoms with E-state index in [1.54, 1.807) is 17.6 Å². The maximum atomic E-state index is 12.6. The second-order valence-corrected chi connectivity index (χ2v) is 9.67. The second-order valence-electron chi connectivity index (χ2n) is 8.69. The lowest BCUT2D eigenvalue weighted by molar-refractivity contribution is -0.274. The van der Waals surface area contributed by atoms with Gasteiger partial charge in [-0.05, 0) is 36.2 Å². The third-order valence-electron chi connectivity index (χ3n) is 5.74. The van der Waals surface area contributed by atoms with Crippen LogP contribution in [0.4, 0.5) is 23.7 Å². The molecule has 1 aliphatic rings. The number of halogens is 3. The molecule has 1 aliphatic heterocycles. The number of urea groups is 1. The van der Waals surface area contributed by atoms with Crippen LogP contribution in [0.5, 0.6) is 5.75 Å². The van der Waals surface area contributed by atoms with Crippen LogP contribution in [0.15, 0.2) is 70.1 Å². The van der Waals surface area contributed by atoms with Crippen molar-refractivity contribution in [3.8, 4) is 5.75 Å². The zero-order chi connectivity index (χ0) is 27.7. The molecule has 1 atom stereocenters. The molecular weight excluding hydrogens is 531 g/mol. The number of carbonyl (C=O) groups is 1. The number of aromatic nitrogens is 1. The Morgan fingerprint density at radius 1 is 1.13 bits per heavy atom. The highest BCUT2D eigenvalue weighted by molar-refractivity contribution is 7.09. The molecule has 1 aromatic heterocycles. The van der Waals surface area contributed by atoms with Crippen molar-refractivity contribution in [2.45, 2.75) is 31.8 Å². The number of nitrogens with two attached hydrogens (primary N) is 1. The predicted molar refractivity (Wildman–Crippen MR) is 145 cm³/mol. The number of thiazole rings is 1. The van der Waals surface area contributed by atoms with Gasteiger partial charge in [0.2, 0.25) is 5.96 Å². The lowest BCUT2D eigenvalue weighted by atomic mass is 9.98. The van der Waals surface area contributed by atoms with Crippen LogP contribution in [0.2, 0.25) is 0 Å². The Morgan fingerprint density at radius 2 is 1.92 bits per heavy atom. The SMILES string of the molecule is NCCCN(Cc1ccc(C2C=NC(NC(=O)Nc3ccccc3OC(F)(F)F)=NC2)cc1)Cc1nccs1. The van der Waals surface area contributed by atoms with Crippen molar-refractivity contribution in [1.82, 2.24) is 15.2 Å². The average molecular weight is 560 g/mol. The third kappa shape index (κ3) is 8.87. The standard InChI is InChI=1S/C26H28F3N7O2S/c27-26(28,29)38-22-5-2-1-4-21(22)34-25(37)35-24-32-14-20(15-33-24)19-8-6-18(7-9-19)16-36(12-3-10-30)17-23-31-11-13-39-23/h1-2,4-9,11,13-14,20H,3,10,12,15-17,30H2,(H2,33,34,35,37). The number of rotatable bonds is 10. The van der Waals surface area contributed by atoms with Crippen LogP contribution in [-0.4, -0.2) is 54.1 Å². The molecule has 39 heavy (non-hydrogen) atoms. The van der Waals surface area contributed by atoms with Gasteiger partial charge in [0.05, 0.1) is 18.8 Å². The van der Waals surface area contributed by atoms with Crippen LogP contribution in [0, 0.1) is 0 Å². The summed E-state index contributed by atoms with van der Waals surface area (Å²) in [5.74, 6) is -0.534. The number of aliphatic imine (C=N–C) groups is 2. The third-order valence-corrected chi connectivity index (χ3v) is 6.50. The zero-order valence-electron chi connectivity index (χ0n) is 20.9. The molecule has 0 saturated heterocycles. The Bertz CT molecular complexity index is 1280. The van der Waals surface area contributed by atoms with E-state index in [1.807, 2.05) is 23.7 Å². The molecule has 0 spiro atoms. The molecule has 0 saturated carbocycles. The number of amides is 2. The van der Waals surface area contributed by atoms with Gasteiger partial charge in [-0.1, -0.05) is 36.4 Å². The van der Waals surface area contributed by atoms with Gasteiger partial charge in [0.15, 0.2) is 5.75 Å². The summed E-state index contributed by atoms with van der Waals surface area (Å²) in [4.78, 5) is 27.5. The van der Waals surface area contributed by atoms with E-state index in [0.29, 0.717) is 13.1 Å². The van der Waals surface area contributed by atoms with Gasteiger partial charge in [-0.25, -0.2) is 19.8 Å². The lowest BCUT2D eigenvalue weighted by Crippen LogP contribution is -2.35. The van der Waals surface area contributed by atoms with E-state index in [2.05, 4.69) is 47.4 Å². The first-order valence-corrected chi connectivity index (χ1v) is 13.1. The number of benzene rings is 2. The first-order chi connectivity index (χ1) is 18.8. The average Bonchev–Trinajstić information content (AvgIpc) is 3.42. The molecule has 4 N–H and O–H groups in total. The summed E-state index contributed by atoms with van der Waals surface area (Å²) < 4.78 is 41.8. The number of para-hydroxylation sites is 2. The topological polar surface area (TPSA) is 117 Å². The molecule has 3 aromatic rings. The van der Waals surface area contributed by atoms with Crippen molar-refractivity contribution in [3.63, 3.8) is 0 Å². The Hall–Kier alpha value is -3.81. The van der Waals surface area contributed by atoms with E-state index in [9.17, 15) is 18.0 Å². The van der Waals surface area contributed by atoms with Crippen molar-refractivity contribution < 1.29 is 22.7 Å². The van der Waals surface area contributed by atoms with E-state index in [1.165, 1.54) is 18.2 Å². The number of carbonyl (C=O) groups excluding carboxylic acids is 1. The molecular formula is C26H28F3N7O2S. The highest BCUT2D eigenvalue weighted by atomic mass is 32.1. The second kappa shape index (κ2) is 13.3. The number of guanidine groups is 1. The molecule has 0 bridgehead atoms. The first kappa shape index (κ1) is 28.2. The number of anilines is 1. The summed E-state index contributed by atoms with van der Waals surface area (Å²) in [6.07, 6.45) is -0.481. The van der Waals surface area contributed by atoms with E-state index in [4.69, 9.17) is 5.73 Å². The molecule has 2 aromatic carbocycles. The van der Waals surface area contributed by atoms with Crippen LogP contribution in [0.3, 0.4) is 0 Å². The number of nitrogens with one attached hydrogen (secondary N) is 2. The molecule has 2 heterocycles. The van der Waals surface area contributed by atoms with Crippen molar-refractivity contribution in [3.05, 3.63) is 76.2 Å². The van der Waals surface area contributed by atoms with Crippen LogP contribution in [-0.2, 0) is 13.1 Å². The van der Waals surface area contributed by atoms with Crippen LogP contribution in [0.1, 0.15) is 28.5 Å². The summed E-state index contributed by atoms with van der Waals surface area (Å²) in [6.45, 7) is 3.42. The monoisotopic (exact) mass is 559 g/mol. The summed E-state index contributed by atoms with van der Waals surface area (Å²) in [6, 6.07) is 12.7. The van der Waals surface area contributed by atoms with Crippen molar-refractivity contribution in [1.29, 1.82) is 0 Å². The van der Waals surface area contributed by atoms with Crippen LogP contribution in [0.25, 0.3) is 0 Å². The molecule has 0 radical (unpaired) electrons. The number of nitrogens with zero attached hydrogens (tertiary/aromatic N) is 4. The highest BCUT2D eigenvalue weighted by Crippen LogP contribution is 2.29. The molecule has 9 nitrogen and oxygen atoms in total. The fourth-order valence-electron chi connectivity index (χ4n) is 3.92. The minimum Gasteiger partial charge on any atom is -0.404 e. The number of hydrogen-bond donors (Lipinski definition) is 3. The fourth-order valence-corrected chi connectivity index (χ4v) is 4.57. The van der Waals surface area contributed by atoms with Crippen LogP contribution < -0.4 is 21.1 Å². The number of alkyl halides is 3. The largest absolute Gasteiger partial charge is 0.573 e. The smallest absolute Gasteiger partial charge is 0.404 e. The normalized spacial score (nSPS) is 15.2. The van der Waals surface area contributed by atoms with Gasteiger partial charge in [-0.3, -0.25) is 10.2 Å². The maximum absolute atomic E-state index is 12.6. The molecule has 2 amide bonds. The van der Waals surface area contributed by atoms with E-state index in [0.717, 1.165) is 48.3 Å². The summed E-state index contributed by atoms with van der Waals surface area (Å²) in [5.41, 5.74) is 7.76. The molecule has 0 fully saturated rings. The minimum absolute atomic E-state index is 0.0623. The van der Waals surface area contributed by atoms with Gasteiger partial charge in [0.1, 0.15) is 5.01 Å². The quantitative estimate of drug-likeness (QED) is 0.332. The Balaban J connectivity index is 1.30. The Labute approximate surface area is 227 Å². The molecule has 13 heteroatoms. The molecule has 206 valence electrons. The van der Waals surface area contributed by atoms with Crippen LogP contribution >= 0.6 is 11.3 Å². The zero-order valence-corrected chi connectivity index (χ0v) is 21.7. The van der Waals surface area contributed by atoms with Gasteiger partial charge in [-0.2, -0.15) is 0 Å². The van der Waals surface area contributed by atoms with E-state index < -0.39 is 18.1 Å². The Kier molecular flexibility index (Phi) is 9.63. The van der Waals surface area contributed by atoms with Gasteiger partial charge in [-0.15, -0.1) is 24.5 Å². The minimum atomic E-state index is -4.88. The fraction of sp³-hybridized carbons (Fsp3) is 0.308. The van der Waals surface area contributed by atoms with Gasteiger partial charge in [0.25, 0.3) is 0 Å². The van der Waals surface area contributed by atoms with E-state index >= 15 is 0 Å².